The largest absolute Gasteiger partial charge is 0.395 e. The second-order valence-electron chi connectivity index (χ2n) is 3.61. The fraction of sp³-hybridized carbons (Fsp3) is 0.778. The van der Waals surface area contributed by atoms with Gasteiger partial charge in [0.1, 0.15) is 0 Å². The molecule has 80 valence electrons. The number of hydrogen-bond acceptors (Lipinski definition) is 3. The minimum Gasteiger partial charge on any atom is -0.395 e. The van der Waals surface area contributed by atoms with E-state index in [2.05, 4.69) is 0 Å². The number of thiocarbonyl (C=S) groups is 1. The highest BCUT2D eigenvalue weighted by Crippen LogP contribution is 2.27. The molecule has 1 amide bonds. The van der Waals surface area contributed by atoms with Gasteiger partial charge in [-0.2, -0.15) is 0 Å². The van der Waals surface area contributed by atoms with Gasteiger partial charge in [0.15, 0.2) is 0 Å². The third-order valence-electron chi connectivity index (χ3n) is 2.41. The van der Waals surface area contributed by atoms with Crippen LogP contribution in [-0.2, 0) is 4.79 Å². The summed E-state index contributed by atoms with van der Waals surface area (Å²) < 4.78 is 0. The van der Waals surface area contributed by atoms with Gasteiger partial charge in [-0.25, -0.2) is 0 Å². The van der Waals surface area contributed by atoms with Gasteiger partial charge in [-0.15, -0.1) is 0 Å². The molecule has 1 aliphatic carbocycles. The van der Waals surface area contributed by atoms with Gasteiger partial charge in [-0.3, -0.25) is 4.79 Å². The number of aliphatic hydroxyl groups is 1. The quantitative estimate of drug-likeness (QED) is 0.629. The average molecular weight is 216 g/mol. The summed E-state index contributed by atoms with van der Waals surface area (Å²) in [7, 11) is 0. The highest BCUT2D eigenvalue weighted by Gasteiger charge is 2.34. The Balaban J connectivity index is 2.58. The lowest BCUT2D eigenvalue weighted by Crippen LogP contribution is -2.42. The average Bonchev–Trinajstić information content (AvgIpc) is 2.95. The molecule has 1 fully saturated rings. The van der Waals surface area contributed by atoms with E-state index in [1.165, 1.54) is 0 Å². The van der Waals surface area contributed by atoms with Crippen molar-refractivity contribution in [2.45, 2.75) is 25.8 Å². The minimum atomic E-state index is -0.419. The molecule has 0 aromatic rings. The predicted octanol–water partition coefficient (Wildman–Crippen LogP) is -0.108. The Bertz CT molecular complexity index is 241. The second kappa shape index (κ2) is 4.70. The van der Waals surface area contributed by atoms with Crippen molar-refractivity contribution in [1.29, 1.82) is 0 Å². The molecule has 14 heavy (non-hydrogen) atoms. The van der Waals surface area contributed by atoms with Crippen molar-refractivity contribution >= 4 is 23.1 Å². The maximum absolute atomic E-state index is 11.8. The highest BCUT2D eigenvalue weighted by molar-refractivity contribution is 7.80. The Labute approximate surface area is 89.1 Å². The third kappa shape index (κ3) is 2.65. The molecule has 0 aromatic heterocycles. The summed E-state index contributed by atoms with van der Waals surface area (Å²) in [6.45, 7) is 2.08. The van der Waals surface area contributed by atoms with E-state index in [1.807, 2.05) is 0 Å². The van der Waals surface area contributed by atoms with Gasteiger partial charge >= 0.3 is 0 Å². The molecule has 4 nitrogen and oxygen atoms in total. The van der Waals surface area contributed by atoms with Crippen LogP contribution in [0.5, 0.6) is 0 Å². The van der Waals surface area contributed by atoms with E-state index in [1.54, 1.807) is 11.8 Å². The smallest absolute Gasteiger partial charge is 0.232 e. The van der Waals surface area contributed by atoms with Gasteiger partial charge in [-0.1, -0.05) is 12.2 Å². The monoisotopic (exact) mass is 216 g/mol. The summed E-state index contributed by atoms with van der Waals surface area (Å²) in [5, 5.41) is 8.82. The minimum absolute atomic E-state index is 0.00765. The van der Waals surface area contributed by atoms with Crippen LogP contribution >= 0.6 is 12.2 Å². The molecule has 0 radical (unpaired) electrons. The fourth-order valence-corrected chi connectivity index (χ4v) is 1.44. The first kappa shape index (κ1) is 11.4. The number of carbonyl (C=O) groups is 1. The maximum atomic E-state index is 11.8. The van der Waals surface area contributed by atoms with E-state index in [0.29, 0.717) is 12.6 Å². The van der Waals surface area contributed by atoms with Crippen molar-refractivity contribution in [3.63, 3.8) is 0 Å². The molecule has 1 aliphatic rings. The maximum Gasteiger partial charge on any atom is 0.232 e. The van der Waals surface area contributed by atoms with Crippen LogP contribution < -0.4 is 5.73 Å². The zero-order valence-electron chi connectivity index (χ0n) is 8.27. The van der Waals surface area contributed by atoms with Crippen molar-refractivity contribution in [3.05, 3.63) is 0 Å². The van der Waals surface area contributed by atoms with E-state index in [9.17, 15) is 4.79 Å². The van der Waals surface area contributed by atoms with Gasteiger partial charge < -0.3 is 15.7 Å². The Morgan fingerprint density at radius 1 is 1.71 bits per heavy atom. The van der Waals surface area contributed by atoms with Crippen molar-refractivity contribution < 1.29 is 9.90 Å². The van der Waals surface area contributed by atoms with Crippen molar-refractivity contribution in [3.8, 4) is 0 Å². The summed E-state index contributed by atoms with van der Waals surface area (Å²) in [4.78, 5) is 13.7. The summed E-state index contributed by atoms with van der Waals surface area (Å²) in [5.41, 5.74) is 5.41. The summed E-state index contributed by atoms with van der Waals surface area (Å²) >= 11 is 4.77. The number of rotatable bonds is 5. The Morgan fingerprint density at radius 3 is 2.64 bits per heavy atom. The number of nitrogens with zero attached hydrogens (tertiary/aromatic N) is 1. The van der Waals surface area contributed by atoms with Crippen LogP contribution in [0.3, 0.4) is 0 Å². The van der Waals surface area contributed by atoms with Gasteiger partial charge in [0, 0.05) is 12.6 Å². The van der Waals surface area contributed by atoms with Gasteiger partial charge in [0.2, 0.25) is 5.91 Å². The molecule has 1 rings (SSSR count). The topological polar surface area (TPSA) is 66.6 Å². The molecule has 1 unspecified atom stereocenters. The van der Waals surface area contributed by atoms with Crippen molar-refractivity contribution in [2.24, 2.45) is 11.7 Å². The number of amides is 1. The molecule has 0 aliphatic heterocycles. The van der Waals surface area contributed by atoms with Crippen LogP contribution in [0.4, 0.5) is 0 Å². The van der Waals surface area contributed by atoms with E-state index in [4.69, 9.17) is 23.1 Å². The zero-order valence-corrected chi connectivity index (χ0v) is 9.09. The van der Waals surface area contributed by atoms with Crippen LogP contribution in [0.15, 0.2) is 0 Å². The number of nitrogens with two attached hydrogens (primary N) is 1. The van der Waals surface area contributed by atoms with E-state index in [0.717, 1.165) is 12.8 Å². The molecule has 5 heteroatoms. The molecule has 0 spiro atoms. The molecular formula is C9H16N2O2S. The van der Waals surface area contributed by atoms with Gasteiger partial charge in [-0.05, 0) is 19.8 Å². The van der Waals surface area contributed by atoms with Crippen molar-refractivity contribution in [2.75, 3.05) is 13.2 Å². The second-order valence-corrected chi connectivity index (χ2v) is 4.08. The Hall–Kier alpha value is -0.680. The molecule has 1 atom stereocenters. The van der Waals surface area contributed by atoms with Crippen molar-refractivity contribution in [1.82, 2.24) is 4.90 Å². The van der Waals surface area contributed by atoms with E-state index < -0.39 is 5.92 Å². The highest BCUT2D eigenvalue weighted by atomic mass is 32.1. The van der Waals surface area contributed by atoms with Gasteiger partial charge in [0.25, 0.3) is 0 Å². The first-order chi connectivity index (χ1) is 6.57. The number of aliphatic hydroxyl groups excluding tert-OH is 1. The Morgan fingerprint density at radius 2 is 2.29 bits per heavy atom. The first-order valence-corrected chi connectivity index (χ1v) is 5.19. The fourth-order valence-electron chi connectivity index (χ4n) is 1.34. The first-order valence-electron chi connectivity index (χ1n) is 4.78. The van der Waals surface area contributed by atoms with Crippen LogP contribution in [0, 0.1) is 5.92 Å². The molecule has 3 N–H and O–H groups in total. The lowest BCUT2D eigenvalue weighted by Gasteiger charge is -2.24. The predicted molar refractivity (Wildman–Crippen MR) is 57.8 cm³/mol. The van der Waals surface area contributed by atoms with Crippen LogP contribution in [-0.4, -0.2) is 40.1 Å². The zero-order chi connectivity index (χ0) is 10.7. The standard InChI is InChI=1S/C9H16N2O2S/c1-6(8(10)14)9(13)11(4-5-12)7-2-3-7/h6-7,12H,2-5H2,1H3,(H2,10,14). The van der Waals surface area contributed by atoms with Crippen LogP contribution in [0.1, 0.15) is 19.8 Å². The molecule has 0 aromatic carbocycles. The normalized spacial score (nSPS) is 17.6. The molecule has 0 bridgehead atoms. The lowest BCUT2D eigenvalue weighted by molar-refractivity contribution is -0.134. The molecule has 0 saturated heterocycles. The summed E-state index contributed by atoms with van der Waals surface area (Å²) in [6, 6.07) is 0.298. The Kier molecular flexibility index (Phi) is 3.83. The number of carbonyl (C=O) groups excluding carboxylic acids is 1. The SMILES string of the molecule is CC(C(=O)N(CCO)C1CC1)C(N)=S. The van der Waals surface area contributed by atoms with E-state index >= 15 is 0 Å². The molecule has 0 heterocycles. The van der Waals surface area contributed by atoms with Gasteiger partial charge in [0.05, 0.1) is 17.5 Å². The van der Waals surface area contributed by atoms with E-state index in [-0.39, 0.29) is 17.5 Å². The summed E-state index contributed by atoms with van der Waals surface area (Å²) in [6.07, 6.45) is 2.05. The third-order valence-corrected chi connectivity index (χ3v) is 2.76. The number of hydrogen-bond donors (Lipinski definition) is 2. The lowest BCUT2D eigenvalue weighted by atomic mass is 10.1. The van der Waals surface area contributed by atoms with Crippen LogP contribution in [0.2, 0.25) is 0 Å². The molecule has 1 saturated carbocycles. The molecular weight excluding hydrogens is 200 g/mol. The summed E-state index contributed by atoms with van der Waals surface area (Å²) in [5.74, 6) is -0.480. The van der Waals surface area contributed by atoms with Crippen LogP contribution in [0.25, 0.3) is 0 Å².